The normalized spacial score (nSPS) is 10.1. The van der Waals surface area contributed by atoms with E-state index in [0.717, 1.165) is 5.56 Å². The van der Waals surface area contributed by atoms with Crippen molar-refractivity contribution in [2.24, 2.45) is 7.05 Å². The van der Waals surface area contributed by atoms with Crippen molar-refractivity contribution in [2.75, 3.05) is 12.4 Å². The number of aromatic nitrogens is 2. The Bertz CT molecular complexity index is 521. The molecule has 0 bridgehead atoms. The van der Waals surface area contributed by atoms with E-state index in [9.17, 15) is 4.79 Å². The second-order valence-corrected chi connectivity index (χ2v) is 4.15. The number of hydrogen-bond donors (Lipinski definition) is 1. The molecule has 2 amide bonds. The maximum absolute atomic E-state index is 11.9. The Hall–Kier alpha value is -2.30. The Morgan fingerprint density at radius 2 is 2.06 bits per heavy atom. The second kappa shape index (κ2) is 5.35. The molecule has 0 aliphatic heterocycles. The fraction of sp³-hybridized carbons (Fsp3) is 0.231. The van der Waals surface area contributed by atoms with Crippen LogP contribution in [0.25, 0.3) is 0 Å². The third kappa shape index (κ3) is 3.10. The summed E-state index contributed by atoms with van der Waals surface area (Å²) in [5.41, 5.74) is 1.09. The molecule has 0 saturated heterocycles. The van der Waals surface area contributed by atoms with Crippen molar-refractivity contribution >= 4 is 11.8 Å². The van der Waals surface area contributed by atoms with Crippen LogP contribution in [0.3, 0.4) is 0 Å². The Kier molecular flexibility index (Phi) is 3.62. The Labute approximate surface area is 106 Å². The number of amides is 2. The molecule has 0 aliphatic rings. The molecule has 5 heteroatoms. The molecule has 0 atom stereocenters. The highest BCUT2D eigenvalue weighted by Crippen LogP contribution is 2.06. The molecule has 1 heterocycles. The number of rotatable bonds is 3. The van der Waals surface area contributed by atoms with Gasteiger partial charge < -0.3 is 4.90 Å². The smallest absolute Gasteiger partial charge is 0.323 e. The Morgan fingerprint density at radius 3 is 2.67 bits per heavy atom. The Morgan fingerprint density at radius 1 is 1.33 bits per heavy atom. The van der Waals surface area contributed by atoms with Crippen LogP contribution in [-0.2, 0) is 13.6 Å². The van der Waals surface area contributed by atoms with Crippen LogP contribution in [0.1, 0.15) is 5.56 Å². The van der Waals surface area contributed by atoms with Crippen molar-refractivity contribution in [3.63, 3.8) is 0 Å². The molecule has 1 aromatic carbocycles. The minimum Gasteiger partial charge on any atom is -0.323 e. The fourth-order valence-electron chi connectivity index (χ4n) is 1.62. The number of hydrogen-bond acceptors (Lipinski definition) is 2. The number of urea groups is 1. The van der Waals surface area contributed by atoms with Crippen LogP contribution in [0.4, 0.5) is 10.6 Å². The maximum atomic E-state index is 11.9. The lowest BCUT2D eigenvalue weighted by atomic mass is 10.2. The molecule has 5 nitrogen and oxygen atoms in total. The van der Waals surface area contributed by atoms with E-state index in [-0.39, 0.29) is 6.03 Å². The summed E-state index contributed by atoms with van der Waals surface area (Å²) in [5.74, 6) is 0.558. The van der Waals surface area contributed by atoms with Gasteiger partial charge in [0.2, 0.25) is 0 Å². The first-order valence-corrected chi connectivity index (χ1v) is 5.71. The van der Waals surface area contributed by atoms with E-state index < -0.39 is 0 Å². The zero-order chi connectivity index (χ0) is 13.0. The first-order valence-electron chi connectivity index (χ1n) is 5.71. The average molecular weight is 244 g/mol. The third-order valence-electron chi connectivity index (χ3n) is 2.56. The first-order chi connectivity index (χ1) is 8.65. The number of benzene rings is 1. The lowest BCUT2D eigenvalue weighted by molar-refractivity contribution is 0.220. The first kappa shape index (κ1) is 12.2. The minimum atomic E-state index is -0.169. The second-order valence-electron chi connectivity index (χ2n) is 4.15. The molecule has 2 aromatic rings. The zero-order valence-electron chi connectivity index (χ0n) is 10.5. The number of carbonyl (C=O) groups is 1. The topological polar surface area (TPSA) is 50.2 Å². The van der Waals surface area contributed by atoms with Gasteiger partial charge in [-0.25, -0.2) is 4.79 Å². The molecular weight excluding hydrogens is 228 g/mol. The third-order valence-corrected chi connectivity index (χ3v) is 2.56. The van der Waals surface area contributed by atoms with E-state index in [1.54, 1.807) is 28.9 Å². The van der Waals surface area contributed by atoms with E-state index in [0.29, 0.717) is 12.4 Å². The largest absolute Gasteiger partial charge is 0.323 e. The van der Waals surface area contributed by atoms with Crippen LogP contribution in [0.5, 0.6) is 0 Å². The summed E-state index contributed by atoms with van der Waals surface area (Å²) in [7, 11) is 3.56. The van der Waals surface area contributed by atoms with Gasteiger partial charge in [0, 0.05) is 32.9 Å². The molecule has 94 valence electrons. The molecule has 0 saturated carbocycles. The number of carbonyl (C=O) groups excluding carboxylic acids is 1. The highest BCUT2D eigenvalue weighted by atomic mass is 16.2. The summed E-state index contributed by atoms with van der Waals surface area (Å²) < 4.78 is 1.65. The summed E-state index contributed by atoms with van der Waals surface area (Å²) in [6, 6.07) is 11.4. The van der Waals surface area contributed by atoms with Gasteiger partial charge in [-0.1, -0.05) is 30.3 Å². The van der Waals surface area contributed by atoms with Crippen LogP contribution >= 0.6 is 0 Å². The van der Waals surface area contributed by atoms with Gasteiger partial charge in [-0.15, -0.1) is 0 Å². The lowest BCUT2D eigenvalue weighted by Gasteiger charge is -2.17. The molecule has 0 unspecified atom stereocenters. The zero-order valence-corrected chi connectivity index (χ0v) is 10.5. The lowest BCUT2D eigenvalue weighted by Crippen LogP contribution is -2.31. The molecule has 18 heavy (non-hydrogen) atoms. The number of nitrogens with zero attached hydrogens (tertiary/aromatic N) is 3. The van der Waals surface area contributed by atoms with Gasteiger partial charge in [0.25, 0.3) is 0 Å². The summed E-state index contributed by atoms with van der Waals surface area (Å²) >= 11 is 0. The van der Waals surface area contributed by atoms with Gasteiger partial charge in [0.05, 0.1) is 0 Å². The van der Waals surface area contributed by atoms with Crippen molar-refractivity contribution < 1.29 is 4.79 Å². The fourth-order valence-corrected chi connectivity index (χ4v) is 1.62. The SMILES string of the molecule is CN(Cc1ccccc1)C(=O)Nc1ccn(C)n1. The van der Waals surface area contributed by atoms with Crippen molar-refractivity contribution in [2.45, 2.75) is 6.54 Å². The van der Waals surface area contributed by atoms with Crippen LogP contribution in [0.2, 0.25) is 0 Å². The van der Waals surface area contributed by atoms with Gasteiger partial charge in [-0.2, -0.15) is 5.10 Å². The van der Waals surface area contributed by atoms with Crippen molar-refractivity contribution in [3.05, 3.63) is 48.2 Å². The Balaban J connectivity index is 1.93. The molecule has 1 N–H and O–H groups in total. The molecule has 0 fully saturated rings. The van der Waals surface area contributed by atoms with Crippen molar-refractivity contribution in [1.82, 2.24) is 14.7 Å². The van der Waals surface area contributed by atoms with E-state index in [4.69, 9.17) is 0 Å². The predicted molar refractivity (Wildman–Crippen MR) is 70.1 cm³/mol. The predicted octanol–water partition coefficient (Wildman–Crippen LogP) is 2.08. The van der Waals surface area contributed by atoms with E-state index in [1.807, 2.05) is 37.4 Å². The van der Waals surface area contributed by atoms with Crippen LogP contribution in [0, 0.1) is 0 Å². The van der Waals surface area contributed by atoms with Crippen LogP contribution in [0.15, 0.2) is 42.6 Å². The minimum absolute atomic E-state index is 0.169. The van der Waals surface area contributed by atoms with Crippen LogP contribution in [-0.4, -0.2) is 27.8 Å². The standard InChI is InChI=1S/C13H16N4O/c1-16(10-11-6-4-3-5-7-11)13(18)14-12-8-9-17(2)15-12/h3-9H,10H2,1-2H3,(H,14,15,18). The molecular formula is C13H16N4O. The van der Waals surface area contributed by atoms with Gasteiger partial charge in [-0.05, 0) is 5.56 Å². The quantitative estimate of drug-likeness (QED) is 0.898. The number of anilines is 1. The van der Waals surface area contributed by atoms with Gasteiger partial charge >= 0.3 is 6.03 Å². The molecule has 0 radical (unpaired) electrons. The highest BCUT2D eigenvalue weighted by Gasteiger charge is 2.10. The molecule has 0 aliphatic carbocycles. The van der Waals surface area contributed by atoms with Crippen molar-refractivity contribution in [1.29, 1.82) is 0 Å². The highest BCUT2D eigenvalue weighted by molar-refractivity contribution is 5.87. The van der Waals surface area contributed by atoms with E-state index >= 15 is 0 Å². The van der Waals surface area contributed by atoms with Crippen molar-refractivity contribution in [3.8, 4) is 0 Å². The summed E-state index contributed by atoms with van der Waals surface area (Å²) in [5, 5.41) is 6.84. The van der Waals surface area contributed by atoms with E-state index in [1.165, 1.54) is 0 Å². The van der Waals surface area contributed by atoms with Gasteiger partial charge in [-0.3, -0.25) is 10.00 Å². The molecule has 0 spiro atoms. The summed E-state index contributed by atoms with van der Waals surface area (Å²) in [4.78, 5) is 13.5. The molecule has 2 rings (SSSR count). The number of nitrogens with one attached hydrogen (secondary N) is 1. The van der Waals surface area contributed by atoms with Gasteiger partial charge in [0.15, 0.2) is 5.82 Å². The summed E-state index contributed by atoms with van der Waals surface area (Å²) in [6.07, 6.45) is 1.78. The van der Waals surface area contributed by atoms with Gasteiger partial charge in [0.1, 0.15) is 0 Å². The van der Waals surface area contributed by atoms with E-state index in [2.05, 4.69) is 10.4 Å². The summed E-state index contributed by atoms with van der Waals surface area (Å²) in [6.45, 7) is 0.569. The average Bonchev–Trinajstić information content (AvgIpc) is 2.76. The number of aryl methyl sites for hydroxylation is 1. The molecule has 1 aromatic heterocycles. The van der Waals surface area contributed by atoms with Crippen LogP contribution < -0.4 is 5.32 Å². The maximum Gasteiger partial charge on any atom is 0.323 e. The monoisotopic (exact) mass is 244 g/mol.